The second kappa shape index (κ2) is 6.14. The van der Waals surface area contributed by atoms with Gasteiger partial charge in [-0.3, -0.25) is 4.79 Å². The molecule has 0 aliphatic carbocycles. The number of nitrogens with zero attached hydrogens (tertiary/aromatic N) is 1. The summed E-state index contributed by atoms with van der Waals surface area (Å²) in [6.45, 7) is 4.01. The van der Waals surface area contributed by atoms with Crippen molar-refractivity contribution in [3.05, 3.63) is 48.0 Å². The van der Waals surface area contributed by atoms with E-state index in [1.54, 1.807) is 0 Å². The molecule has 0 atom stereocenters. The van der Waals surface area contributed by atoms with Crippen LogP contribution >= 0.6 is 0 Å². The Balaban J connectivity index is 2.25. The van der Waals surface area contributed by atoms with Gasteiger partial charge in [0, 0.05) is 11.3 Å². The van der Waals surface area contributed by atoms with Crippen LogP contribution in [0.25, 0.3) is 10.8 Å². The molecule has 19 heavy (non-hydrogen) atoms. The van der Waals surface area contributed by atoms with Crippen molar-refractivity contribution in [1.29, 1.82) is 0 Å². The fraction of sp³-hybridized carbons (Fsp3) is 0.250. The Hall–Kier alpha value is -2.16. The van der Waals surface area contributed by atoms with E-state index in [0.717, 1.165) is 29.3 Å². The van der Waals surface area contributed by atoms with E-state index in [0.29, 0.717) is 5.56 Å². The Morgan fingerprint density at radius 3 is 2.68 bits per heavy atom. The van der Waals surface area contributed by atoms with E-state index in [-0.39, 0.29) is 5.91 Å². The molecule has 0 heterocycles. The maximum Gasteiger partial charge on any atom is 0.271 e. The molecule has 0 saturated heterocycles. The summed E-state index contributed by atoms with van der Waals surface area (Å²) < 4.78 is 0. The third-order valence-electron chi connectivity index (χ3n) is 2.99. The first kappa shape index (κ1) is 13.3. The summed E-state index contributed by atoms with van der Waals surface area (Å²) in [6.07, 6.45) is 1.93. The quantitative estimate of drug-likeness (QED) is 0.655. The van der Waals surface area contributed by atoms with Gasteiger partial charge in [0.15, 0.2) is 0 Å². The van der Waals surface area contributed by atoms with Gasteiger partial charge in [0.25, 0.3) is 5.91 Å². The molecule has 0 unspecified atom stereocenters. The molecular formula is C16H18N2O. The van der Waals surface area contributed by atoms with Crippen LogP contribution in [0.5, 0.6) is 0 Å². The van der Waals surface area contributed by atoms with Gasteiger partial charge in [-0.15, -0.1) is 0 Å². The van der Waals surface area contributed by atoms with Gasteiger partial charge in [-0.05, 0) is 30.2 Å². The number of amides is 1. The van der Waals surface area contributed by atoms with Gasteiger partial charge in [0.05, 0.1) is 0 Å². The van der Waals surface area contributed by atoms with Crippen molar-refractivity contribution in [3.63, 3.8) is 0 Å². The van der Waals surface area contributed by atoms with E-state index in [9.17, 15) is 4.79 Å². The van der Waals surface area contributed by atoms with Crippen LogP contribution < -0.4 is 5.43 Å². The molecule has 0 aromatic heterocycles. The monoisotopic (exact) mass is 254 g/mol. The number of benzene rings is 2. The average molecular weight is 254 g/mol. The van der Waals surface area contributed by atoms with Gasteiger partial charge >= 0.3 is 0 Å². The summed E-state index contributed by atoms with van der Waals surface area (Å²) in [7, 11) is 0. The molecular weight excluding hydrogens is 236 g/mol. The fourth-order valence-electron chi connectivity index (χ4n) is 2.05. The molecule has 0 spiro atoms. The SMILES string of the molecule is CCCC(C)=NNC(=O)c1cccc2ccccc12. The van der Waals surface area contributed by atoms with Crippen LogP contribution in [0.15, 0.2) is 47.6 Å². The largest absolute Gasteiger partial charge is 0.271 e. The molecule has 0 saturated carbocycles. The molecule has 0 aliphatic heterocycles. The van der Waals surface area contributed by atoms with Gasteiger partial charge in [0.2, 0.25) is 0 Å². The summed E-state index contributed by atoms with van der Waals surface area (Å²) in [5.41, 5.74) is 4.22. The lowest BCUT2D eigenvalue weighted by molar-refractivity contribution is 0.0956. The highest BCUT2D eigenvalue weighted by Gasteiger charge is 2.08. The highest BCUT2D eigenvalue weighted by atomic mass is 16.2. The maximum absolute atomic E-state index is 12.1. The molecule has 2 aromatic carbocycles. The number of rotatable bonds is 4. The Bertz CT molecular complexity index is 612. The number of nitrogens with one attached hydrogen (secondary N) is 1. The molecule has 0 bridgehead atoms. The molecule has 2 rings (SSSR count). The van der Waals surface area contributed by atoms with Gasteiger partial charge in [-0.25, -0.2) is 5.43 Å². The Kier molecular flexibility index (Phi) is 4.29. The molecule has 0 radical (unpaired) electrons. The lowest BCUT2D eigenvalue weighted by atomic mass is 10.0. The molecule has 0 aliphatic rings. The molecule has 3 nitrogen and oxygen atoms in total. The lowest BCUT2D eigenvalue weighted by Crippen LogP contribution is -2.19. The van der Waals surface area contributed by atoms with Crippen LogP contribution in [-0.4, -0.2) is 11.6 Å². The fourth-order valence-corrected chi connectivity index (χ4v) is 2.05. The zero-order valence-corrected chi connectivity index (χ0v) is 11.3. The van der Waals surface area contributed by atoms with Crippen molar-refractivity contribution in [3.8, 4) is 0 Å². The van der Waals surface area contributed by atoms with E-state index < -0.39 is 0 Å². The molecule has 1 N–H and O–H groups in total. The van der Waals surface area contributed by atoms with Crippen LogP contribution in [-0.2, 0) is 0 Å². The summed E-state index contributed by atoms with van der Waals surface area (Å²) in [6, 6.07) is 13.6. The van der Waals surface area contributed by atoms with Crippen LogP contribution in [0.2, 0.25) is 0 Å². The second-order valence-corrected chi connectivity index (χ2v) is 4.56. The lowest BCUT2D eigenvalue weighted by Gasteiger charge is -2.05. The average Bonchev–Trinajstić information content (AvgIpc) is 2.44. The van der Waals surface area contributed by atoms with E-state index in [4.69, 9.17) is 0 Å². The number of carbonyl (C=O) groups excluding carboxylic acids is 1. The van der Waals surface area contributed by atoms with Crippen molar-refractivity contribution in [2.45, 2.75) is 26.7 Å². The van der Waals surface area contributed by atoms with Crippen LogP contribution in [0.3, 0.4) is 0 Å². The van der Waals surface area contributed by atoms with Gasteiger partial charge in [-0.1, -0.05) is 49.7 Å². The molecule has 2 aromatic rings. The first-order valence-corrected chi connectivity index (χ1v) is 6.53. The molecule has 0 fully saturated rings. The number of fused-ring (bicyclic) bond motifs is 1. The van der Waals surface area contributed by atoms with Crippen LogP contribution in [0.4, 0.5) is 0 Å². The van der Waals surface area contributed by atoms with Crippen LogP contribution in [0, 0.1) is 0 Å². The number of hydrazone groups is 1. The predicted molar refractivity (Wildman–Crippen MR) is 79.4 cm³/mol. The van der Waals surface area contributed by atoms with Crippen molar-refractivity contribution < 1.29 is 4.79 Å². The number of hydrogen-bond donors (Lipinski definition) is 1. The predicted octanol–water partition coefficient (Wildman–Crippen LogP) is 3.75. The topological polar surface area (TPSA) is 41.5 Å². The zero-order valence-electron chi connectivity index (χ0n) is 11.3. The summed E-state index contributed by atoms with van der Waals surface area (Å²) in [4.78, 5) is 12.1. The summed E-state index contributed by atoms with van der Waals surface area (Å²) >= 11 is 0. The highest BCUT2D eigenvalue weighted by molar-refractivity contribution is 6.07. The first-order valence-electron chi connectivity index (χ1n) is 6.53. The third kappa shape index (κ3) is 3.19. The van der Waals surface area contributed by atoms with Crippen molar-refractivity contribution in [2.75, 3.05) is 0 Å². The minimum atomic E-state index is -0.160. The standard InChI is InChI=1S/C16H18N2O/c1-3-7-12(2)17-18-16(19)15-11-6-9-13-8-4-5-10-14(13)15/h4-6,8-11H,3,7H2,1-2H3,(H,18,19). The minimum Gasteiger partial charge on any atom is -0.267 e. The third-order valence-corrected chi connectivity index (χ3v) is 2.99. The Labute approximate surface area is 113 Å². The van der Waals surface area contributed by atoms with E-state index >= 15 is 0 Å². The Morgan fingerprint density at radius 2 is 1.89 bits per heavy atom. The number of carbonyl (C=O) groups is 1. The first-order chi connectivity index (χ1) is 9.22. The van der Waals surface area contributed by atoms with Gasteiger partial charge < -0.3 is 0 Å². The zero-order chi connectivity index (χ0) is 13.7. The molecule has 1 amide bonds. The molecule has 98 valence electrons. The minimum absolute atomic E-state index is 0.160. The molecule has 3 heteroatoms. The summed E-state index contributed by atoms with van der Waals surface area (Å²) in [5.74, 6) is -0.160. The van der Waals surface area contributed by atoms with Gasteiger partial charge in [0.1, 0.15) is 0 Å². The van der Waals surface area contributed by atoms with E-state index in [1.165, 1.54) is 0 Å². The highest BCUT2D eigenvalue weighted by Crippen LogP contribution is 2.18. The number of hydrogen-bond acceptors (Lipinski definition) is 2. The second-order valence-electron chi connectivity index (χ2n) is 4.56. The van der Waals surface area contributed by atoms with Crippen LogP contribution in [0.1, 0.15) is 37.0 Å². The normalized spacial score (nSPS) is 11.6. The maximum atomic E-state index is 12.1. The summed E-state index contributed by atoms with van der Waals surface area (Å²) in [5, 5.41) is 6.12. The Morgan fingerprint density at radius 1 is 1.16 bits per heavy atom. The van der Waals surface area contributed by atoms with Crippen molar-refractivity contribution in [1.82, 2.24) is 5.43 Å². The smallest absolute Gasteiger partial charge is 0.267 e. The van der Waals surface area contributed by atoms with Crippen molar-refractivity contribution in [2.24, 2.45) is 5.10 Å². The van der Waals surface area contributed by atoms with E-state index in [2.05, 4.69) is 17.5 Å². The van der Waals surface area contributed by atoms with Crippen molar-refractivity contribution >= 4 is 22.4 Å². The van der Waals surface area contributed by atoms with E-state index in [1.807, 2.05) is 49.4 Å². The van der Waals surface area contributed by atoms with Gasteiger partial charge in [-0.2, -0.15) is 5.10 Å².